The maximum Gasteiger partial charge on any atom is 0.0438 e. The summed E-state index contributed by atoms with van der Waals surface area (Å²) in [5.74, 6) is 0. The van der Waals surface area contributed by atoms with Crippen molar-refractivity contribution in [1.29, 1.82) is 0 Å². The zero-order valence-corrected chi connectivity index (χ0v) is 14.0. The van der Waals surface area contributed by atoms with E-state index in [1.54, 1.807) is 0 Å². The molecule has 104 valence electrons. The lowest BCUT2D eigenvalue weighted by Gasteiger charge is -2.19. The van der Waals surface area contributed by atoms with E-state index in [2.05, 4.69) is 72.3 Å². The summed E-state index contributed by atoms with van der Waals surface area (Å²) in [7, 11) is 4.72. The quantitative estimate of drug-likeness (QED) is 0.550. The Morgan fingerprint density at radius 3 is 2.32 bits per heavy atom. The fraction of sp³-hybridized carbons (Fsp3) is 0.471. The summed E-state index contributed by atoms with van der Waals surface area (Å²) in [5.41, 5.74) is 5.25. The lowest BCUT2D eigenvalue weighted by molar-refractivity contribution is 0.926. The Hall–Kier alpha value is -0.940. The summed E-state index contributed by atoms with van der Waals surface area (Å²) in [6.45, 7) is 8.66. The number of nitrogens with zero attached hydrogens (tertiary/aromatic N) is 1. The average molecular weight is 275 g/mol. The highest BCUT2D eigenvalue weighted by molar-refractivity contribution is 7.21. The van der Waals surface area contributed by atoms with Crippen LogP contribution in [0.3, 0.4) is 0 Å². The van der Waals surface area contributed by atoms with Crippen molar-refractivity contribution >= 4 is 15.0 Å². The van der Waals surface area contributed by atoms with E-state index in [-0.39, 0.29) is 5.16 Å². The molecular formula is C17H26NP. The summed E-state index contributed by atoms with van der Waals surface area (Å²) in [5, 5.41) is 0.0415. The molecule has 0 aliphatic heterocycles. The van der Waals surface area contributed by atoms with Gasteiger partial charge in [0.25, 0.3) is 0 Å². The van der Waals surface area contributed by atoms with Gasteiger partial charge in [-0.05, 0) is 38.3 Å². The molecule has 19 heavy (non-hydrogen) atoms. The highest BCUT2D eigenvalue weighted by atomic mass is 31.0. The van der Waals surface area contributed by atoms with Gasteiger partial charge in [-0.2, -0.15) is 0 Å². The summed E-state index contributed by atoms with van der Waals surface area (Å²) in [6, 6.07) is 8.80. The van der Waals surface area contributed by atoms with Gasteiger partial charge in [0, 0.05) is 17.9 Å². The number of aryl methyl sites for hydroxylation is 2. The van der Waals surface area contributed by atoms with Gasteiger partial charge < -0.3 is 0 Å². The number of hydrogen-bond acceptors (Lipinski definition) is 1. The molecule has 0 saturated carbocycles. The van der Waals surface area contributed by atoms with Crippen LogP contribution in [-0.4, -0.2) is 17.9 Å². The van der Waals surface area contributed by atoms with Crippen molar-refractivity contribution in [3.05, 3.63) is 47.0 Å². The normalized spacial score (nSPS) is 13.8. The first-order chi connectivity index (χ1) is 8.82. The highest BCUT2D eigenvalue weighted by Gasteiger charge is 2.16. The molecule has 0 radical (unpaired) electrons. The van der Waals surface area contributed by atoms with Crippen LogP contribution >= 0.6 is 9.24 Å². The fourth-order valence-electron chi connectivity index (χ4n) is 1.94. The largest absolute Gasteiger partial charge is 0.292 e. The van der Waals surface area contributed by atoms with E-state index < -0.39 is 0 Å². The molecule has 1 rings (SSSR count). The van der Waals surface area contributed by atoms with Crippen LogP contribution in [0.25, 0.3) is 0 Å². The summed E-state index contributed by atoms with van der Waals surface area (Å²) in [6.07, 6.45) is 4.40. The van der Waals surface area contributed by atoms with Crippen molar-refractivity contribution in [3.63, 3.8) is 0 Å². The molecule has 1 nitrogen and oxygen atoms in total. The average Bonchev–Trinajstić information content (AvgIpc) is 2.34. The zero-order chi connectivity index (χ0) is 14.5. The molecule has 0 N–H and O–H groups in total. The first-order valence-corrected chi connectivity index (χ1v) is 7.39. The Labute approximate surface area is 120 Å². The third-order valence-corrected chi connectivity index (χ3v) is 3.51. The topological polar surface area (TPSA) is 12.4 Å². The summed E-state index contributed by atoms with van der Waals surface area (Å²) < 4.78 is 0. The van der Waals surface area contributed by atoms with Crippen LogP contribution in [0.1, 0.15) is 38.3 Å². The van der Waals surface area contributed by atoms with Gasteiger partial charge in [0.1, 0.15) is 0 Å². The lowest BCUT2D eigenvalue weighted by Crippen LogP contribution is -2.22. The number of allylic oxidation sites excluding steroid dienone is 2. The van der Waals surface area contributed by atoms with Gasteiger partial charge in [-0.3, -0.25) is 4.99 Å². The van der Waals surface area contributed by atoms with Gasteiger partial charge in [-0.15, -0.1) is 9.24 Å². The van der Waals surface area contributed by atoms with Crippen LogP contribution in [0.4, 0.5) is 0 Å². The Kier molecular flexibility index (Phi) is 5.94. The molecule has 0 spiro atoms. The fourth-order valence-corrected chi connectivity index (χ4v) is 2.15. The van der Waals surface area contributed by atoms with Crippen molar-refractivity contribution in [2.45, 2.75) is 45.7 Å². The lowest BCUT2D eigenvalue weighted by atomic mass is 10.00. The maximum atomic E-state index is 4.39. The minimum absolute atomic E-state index is 0.0415. The molecule has 1 aromatic carbocycles. The van der Waals surface area contributed by atoms with E-state index in [0.717, 1.165) is 18.6 Å². The van der Waals surface area contributed by atoms with Gasteiger partial charge in [0.05, 0.1) is 0 Å². The second-order valence-electron chi connectivity index (χ2n) is 5.81. The second kappa shape index (κ2) is 7.01. The van der Waals surface area contributed by atoms with E-state index in [4.69, 9.17) is 0 Å². The Bertz CT molecular complexity index is 461. The maximum absolute atomic E-state index is 4.39. The van der Waals surface area contributed by atoms with Crippen LogP contribution < -0.4 is 0 Å². The number of benzene rings is 1. The summed E-state index contributed by atoms with van der Waals surface area (Å²) in [4.78, 5) is 4.39. The first-order valence-electron chi connectivity index (χ1n) is 6.82. The van der Waals surface area contributed by atoms with Crippen molar-refractivity contribution in [1.82, 2.24) is 0 Å². The van der Waals surface area contributed by atoms with Crippen LogP contribution in [0.2, 0.25) is 0 Å². The molecule has 0 amide bonds. The third kappa shape index (κ3) is 5.70. The van der Waals surface area contributed by atoms with Crippen LogP contribution in [0.5, 0.6) is 0 Å². The molecule has 1 unspecified atom stereocenters. The van der Waals surface area contributed by atoms with Crippen molar-refractivity contribution < 1.29 is 0 Å². The molecule has 0 heterocycles. The molecule has 1 atom stereocenters. The van der Waals surface area contributed by atoms with Crippen LogP contribution in [0, 0.1) is 6.92 Å². The number of aliphatic imine (C=N–C) groups is 1. The molecular weight excluding hydrogens is 249 g/mol. The smallest absolute Gasteiger partial charge is 0.0438 e. The minimum Gasteiger partial charge on any atom is -0.292 e. The standard InChI is InChI=1S/C17H26NP/c1-13-6-9-15(10-7-13)11-8-14(2)12-16(18-5)17(3,4)19/h6-7,9-10,12H,8,11,19H2,1-5H3/b14-12+,18-16+. The van der Waals surface area contributed by atoms with Gasteiger partial charge in [-0.1, -0.05) is 49.2 Å². The van der Waals surface area contributed by atoms with Crippen molar-refractivity contribution in [3.8, 4) is 0 Å². The van der Waals surface area contributed by atoms with E-state index >= 15 is 0 Å². The van der Waals surface area contributed by atoms with Gasteiger partial charge >= 0.3 is 0 Å². The van der Waals surface area contributed by atoms with E-state index in [0.29, 0.717) is 0 Å². The number of rotatable bonds is 5. The van der Waals surface area contributed by atoms with E-state index in [1.165, 1.54) is 16.7 Å². The van der Waals surface area contributed by atoms with Crippen molar-refractivity contribution in [2.24, 2.45) is 4.99 Å². The predicted octanol–water partition coefficient (Wildman–Crippen LogP) is 4.60. The minimum atomic E-state index is 0.0415. The van der Waals surface area contributed by atoms with Crippen LogP contribution in [-0.2, 0) is 6.42 Å². The molecule has 0 aliphatic carbocycles. The number of hydrogen-bond donors (Lipinski definition) is 0. The monoisotopic (exact) mass is 275 g/mol. The molecule has 0 fully saturated rings. The van der Waals surface area contributed by atoms with Crippen LogP contribution in [0.15, 0.2) is 40.9 Å². The van der Waals surface area contributed by atoms with Gasteiger partial charge in [0.2, 0.25) is 0 Å². The second-order valence-corrected chi connectivity index (χ2v) is 7.25. The molecule has 0 bridgehead atoms. The highest BCUT2D eigenvalue weighted by Crippen LogP contribution is 2.21. The molecule has 2 heteroatoms. The zero-order valence-electron chi connectivity index (χ0n) is 12.8. The van der Waals surface area contributed by atoms with Gasteiger partial charge in [-0.25, -0.2) is 0 Å². The molecule has 0 saturated heterocycles. The summed E-state index contributed by atoms with van der Waals surface area (Å²) >= 11 is 0. The molecule has 1 aromatic rings. The Morgan fingerprint density at radius 1 is 1.26 bits per heavy atom. The first kappa shape index (κ1) is 16.1. The molecule has 0 aromatic heterocycles. The van der Waals surface area contributed by atoms with Crippen molar-refractivity contribution in [2.75, 3.05) is 7.05 Å². The SMILES string of the molecule is C/N=C(\C=C(/C)CCc1ccc(C)cc1)C(C)(C)P. The van der Waals surface area contributed by atoms with E-state index in [9.17, 15) is 0 Å². The van der Waals surface area contributed by atoms with E-state index in [1.807, 2.05) is 7.05 Å². The Balaban J connectivity index is 2.64. The predicted molar refractivity (Wildman–Crippen MR) is 90.4 cm³/mol. The third-order valence-electron chi connectivity index (χ3n) is 3.21. The molecule has 0 aliphatic rings. The van der Waals surface area contributed by atoms with Gasteiger partial charge in [0.15, 0.2) is 0 Å². The Morgan fingerprint density at radius 2 is 1.84 bits per heavy atom.